The van der Waals surface area contributed by atoms with Gasteiger partial charge in [0.25, 0.3) is 0 Å². The summed E-state index contributed by atoms with van der Waals surface area (Å²) in [5, 5.41) is 18.3. The maximum atomic E-state index is 10.3. The first-order valence-corrected chi connectivity index (χ1v) is 8.62. The molecule has 0 aliphatic rings. The Bertz CT molecular complexity index is 1090. The van der Waals surface area contributed by atoms with Gasteiger partial charge in [0, 0.05) is 28.9 Å². The summed E-state index contributed by atoms with van der Waals surface area (Å²) >= 11 is 9.65. The van der Waals surface area contributed by atoms with Gasteiger partial charge in [-0.15, -0.1) is 0 Å². The molecule has 7 heteroatoms. The topological polar surface area (TPSA) is 66.2 Å². The van der Waals surface area contributed by atoms with Crippen molar-refractivity contribution >= 4 is 50.6 Å². The predicted molar refractivity (Wildman–Crippen MR) is 104 cm³/mol. The van der Waals surface area contributed by atoms with E-state index >= 15 is 0 Å². The normalized spacial score (nSPS) is 11.6. The Morgan fingerprint density at radius 2 is 1.84 bits per heavy atom. The molecular formula is C18H12BrClN4O. The van der Waals surface area contributed by atoms with Crippen LogP contribution in [0.1, 0.15) is 5.56 Å². The van der Waals surface area contributed by atoms with Crippen LogP contribution in [-0.2, 0) is 0 Å². The Kier molecular flexibility index (Phi) is 4.07. The Balaban J connectivity index is 1.75. The average Bonchev–Trinajstić information content (AvgIpc) is 3.13. The number of hydrogen-bond acceptors (Lipinski definition) is 3. The lowest BCUT2D eigenvalue weighted by Crippen LogP contribution is -1.81. The van der Waals surface area contributed by atoms with E-state index in [9.17, 15) is 5.11 Å². The van der Waals surface area contributed by atoms with Gasteiger partial charge in [0.2, 0.25) is 5.88 Å². The monoisotopic (exact) mass is 414 g/mol. The summed E-state index contributed by atoms with van der Waals surface area (Å²) < 4.78 is 1.97. The lowest BCUT2D eigenvalue weighted by atomic mass is 10.1. The van der Waals surface area contributed by atoms with Crippen LogP contribution in [0, 0.1) is 0 Å². The molecular weight excluding hydrogens is 404 g/mol. The molecule has 25 heavy (non-hydrogen) atoms. The van der Waals surface area contributed by atoms with Crippen LogP contribution in [0.5, 0.6) is 5.88 Å². The molecule has 4 rings (SSSR count). The van der Waals surface area contributed by atoms with Crippen molar-refractivity contribution in [3.63, 3.8) is 0 Å². The summed E-state index contributed by atoms with van der Waals surface area (Å²) in [4.78, 5) is 4.40. The second-order valence-corrected chi connectivity index (χ2v) is 6.53. The van der Waals surface area contributed by atoms with E-state index in [1.165, 1.54) is 4.09 Å². The number of aromatic amines is 1. The first kappa shape index (κ1) is 15.9. The SMILES string of the molecule is Oc1c(C=Nc2n[nH]c(-c3ccccc3)c2Br)c2ccccc2n1Cl. The van der Waals surface area contributed by atoms with Crippen molar-refractivity contribution in [2.75, 3.05) is 0 Å². The van der Waals surface area contributed by atoms with Gasteiger partial charge in [0.05, 0.1) is 21.2 Å². The standard InChI is InChI=1S/C18H12BrClN4O/c19-15-16(11-6-2-1-3-7-11)22-23-17(15)21-10-13-12-8-4-5-9-14(12)24(20)18(13)25/h1-10,25H,(H,22,23). The highest BCUT2D eigenvalue weighted by atomic mass is 79.9. The van der Waals surface area contributed by atoms with Crippen LogP contribution >= 0.6 is 27.7 Å². The summed E-state index contributed by atoms with van der Waals surface area (Å²) in [6.07, 6.45) is 1.56. The Morgan fingerprint density at radius 3 is 2.64 bits per heavy atom. The van der Waals surface area contributed by atoms with Gasteiger partial charge < -0.3 is 5.11 Å². The number of aromatic hydroxyl groups is 1. The molecule has 0 unspecified atom stereocenters. The van der Waals surface area contributed by atoms with Gasteiger partial charge in [-0.3, -0.25) is 5.10 Å². The van der Waals surface area contributed by atoms with Crippen molar-refractivity contribution in [2.24, 2.45) is 4.99 Å². The third kappa shape index (κ3) is 2.73. The third-order valence-corrected chi connectivity index (χ3v) is 4.99. The molecule has 5 nitrogen and oxygen atoms in total. The van der Waals surface area contributed by atoms with Crippen LogP contribution in [-0.4, -0.2) is 25.6 Å². The molecule has 0 aliphatic carbocycles. The van der Waals surface area contributed by atoms with E-state index in [0.717, 1.165) is 21.1 Å². The second kappa shape index (κ2) is 6.38. The second-order valence-electron chi connectivity index (χ2n) is 5.40. The average molecular weight is 416 g/mol. The van der Waals surface area contributed by atoms with E-state index in [1.807, 2.05) is 54.6 Å². The van der Waals surface area contributed by atoms with E-state index in [4.69, 9.17) is 11.8 Å². The number of hydrogen-bond donors (Lipinski definition) is 2. The quantitative estimate of drug-likeness (QED) is 0.449. The minimum atomic E-state index is -0.0541. The number of nitrogens with one attached hydrogen (secondary N) is 1. The Morgan fingerprint density at radius 1 is 1.12 bits per heavy atom. The molecule has 4 aromatic rings. The fourth-order valence-corrected chi connectivity index (χ4v) is 3.41. The Labute approximate surface area is 156 Å². The van der Waals surface area contributed by atoms with Crippen molar-refractivity contribution in [1.82, 2.24) is 14.3 Å². The number of H-pyrrole nitrogens is 1. The van der Waals surface area contributed by atoms with E-state index in [1.54, 1.807) is 6.21 Å². The van der Waals surface area contributed by atoms with Gasteiger partial charge in [0.15, 0.2) is 5.82 Å². The largest absolute Gasteiger partial charge is 0.493 e. The maximum absolute atomic E-state index is 10.3. The van der Waals surface area contributed by atoms with Gasteiger partial charge in [0.1, 0.15) is 0 Å². The highest BCUT2D eigenvalue weighted by molar-refractivity contribution is 9.10. The van der Waals surface area contributed by atoms with Crippen LogP contribution in [0.2, 0.25) is 0 Å². The molecule has 0 amide bonds. The van der Waals surface area contributed by atoms with Crippen molar-refractivity contribution < 1.29 is 5.11 Å². The summed E-state index contributed by atoms with van der Waals surface area (Å²) in [6.45, 7) is 0. The lowest BCUT2D eigenvalue weighted by Gasteiger charge is -1.97. The first-order valence-electron chi connectivity index (χ1n) is 7.48. The van der Waals surface area contributed by atoms with Gasteiger partial charge in [-0.05, 0) is 22.0 Å². The number of halogens is 2. The molecule has 0 fully saturated rings. The van der Waals surface area contributed by atoms with Crippen LogP contribution < -0.4 is 0 Å². The van der Waals surface area contributed by atoms with E-state index in [-0.39, 0.29) is 5.88 Å². The van der Waals surface area contributed by atoms with Crippen LogP contribution in [0.25, 0.3) is 22.2 Å². The number of nitrogens with zero attached hydrogens (tertiary/aromatic N) is 3. The van der Waals surface area contributed by atoms with Gasteiger partial charge in [-0.25, -0.2) is 9.08 Å². The van der Waals surface area contributed by atoms with Crippen LogP contribution in [0.3, 0.4) is 0 Å². The number of para-hydroxylation sites is 1. The van der Waals surface area contributed by atoms with Crippen molar-refractivity contribution in [1.29, 1.82) is 0 Å². The van der Waals surface area contributed by atoms with Gasteiger partial charge in [-0.1, -0.05) is 48.5 Å². The zero-order valence-corrected chi connectivity index (χ0v) is 15.2. The highest BCUT2D eigenvalue weighted by Gasteiger charge is 2.15. The molecule has 2 heterocycles. The molecule has 0 spiro atoms. The minimum Gasteiger partial charge on any atom is -0.493 e. The van der Waals surface area contributed by atoms with Gasteiger partial charge >= 0.3 is 0 Å². The molecule has 2 aromatic heterocycles. The molecule has 124 valence electrons. The van der Waals surface area contributed by atoms with E-state index < -0.39 is 0 Å². The predicted octanol–water partition coefficient (Wildman–Crippen LogP) is 5.25. The zero-order valence-electron chi connectivity index (χ0n) is 12.8. The summed E-state index contributed by atoms with van der Waals surface area (Å²) in [6, 6.07) is 17.3. The van der Waals surface area contributed by atoms with Crippen LogP contribution in [0.4, 0.5) is 5.82 Å². The van der Waals surface area contributed by atoms with E-state index in [0.29, 0.717) is 16.9 Å². The minimum absolute atomic E-state index is 0.0541. The lowest BCUT2D eigenvalue weighted by molar-refractivity contribution is 0.451. The molecule has 0 saturated heterocycles. The van der Waals surface area contributed by atoms with Crippen LogP contribution in [0.15, 0.2) is 64.1 Å². The number of aromatic nitrogens is 3. The van der Waals surface area contributed by atoms with Crippen molar-refractivity contribution in [3.05, 3.63) is 64.6 Å². The smallest absolute Gasteiger partial charge is 0.216 e. The molecule has 0 radical (unpaired) electrons. The molecule has 0 bridgehead atoms. The summed E-state index contributed by atoms with van der Waals surface area (Å²) in [5.41, 5.74) is 3.11. The molecule has 0 atom stereocenters. The molecule has 2 N–H and O–H groups in total. The first-order chi connectivity index (χ1) is 12.2. The number of rotatable bonds is 3. The zero-order chi connectivity index (χ0) is 17.4. The van der Waals surface area contributed by atoms with E-state index in [2.05, 4.69) is 31.1 Å². The number of fused-ring (bicyclic) bond motifs is 1. The maximum Gasteiger partial charge on any atom is 0.216 e. The summed E-state index contributed by atoms with van der Waals surface area (Å²) in [7, 11) is 0. The third-order valence-electron chi connectivity index (χ3n) is 3.90. The Hall–Kier alpha value is -2.57. The highest BCUT2D eigenvalue weighted by Crippen LogP contribution is 2.35. The summed E-state index contributed by atoms with van der Waals surface area (Å²) in [5.74, 6) is 0.436. The van der Waals surface area contributed by atoms with Crippen molar-refractivity contribution in [2.45, 2.75) is 0 Å². The molecule has 2 aromatic carbocycles. The number of benzene rings is 2. The number of aliphatic imine (C=N–C) groups is 1. The van der Waals surface area contributed by atoms with Crippen molar-refractivity contribution in [3.8, 4) is 17.1 Å². The molecule has 0 saturated carbocycles. The fraction of sp³-hybridized carbons (Fsp3) is 0. The molecule has 0 aliphatic heterocycles. The van der Waals surface area contributed by atoms with Gasteiger partial charge in [-0.2, -0.15) is 5.10 Å². The fourth-order valence-electron chi connectivity index (χ4n) is 2.67.